The number of aromatic nitrogens is 2. The highest BCUT2D eigenvalue weighted by molar-refractivity contribution is 8.00. The SMILES string of the molecule is Cc1nc(N2CCSC(C)(C)CC2)ncc1CNC(C)C. The summed E-state index contributed by atoms with van der Waals surface area (Å²) in [5.41, 5.74) is 2.28. The van der Waals surface area contributed by atoms with Crippen LogP contribution in [0.5, 0.6) is 0 Å². The quantitative estimate of drug-likeness (QED) is 0.926. The van der Waals surface area contributed by atoms with E-state index in [1.807, 2.05) is 6.20 Å². The van der Waals surface area contributed by atoms with Gasteiger partial charge in [-0.3, -0.25) is 0 Å². The average Bonchev–Trinajstić information content (AvgIpc) is 2.58. The second-order valence-electron chi connectivity index (χ2n) is 6.66. The monoisotopic (exact) mass is 308 g/mol. The molecule has 0 unspecified atom stereocenters. The molecule has 2 heterocycles. The molecule has 0 spiro atoms. The molecule has 0 aromatic carbocycles. The van der Waals surface area contributed by atoms with Crippen molar-refractivity contribution in [2.24, 2.45) is 0 Å². The summed E-state index contributed by atoms with van der Waals surface area (Å²) < 4.78 is 0.366. The second kappa shape index (κ2) is 6.97. The van der Waals surface area contributed by atoms with Crippen LogP contribution in [0.4, 0.5) is 5.95 Å². The van der Waals surface area contributed by atoms with Crippen LogP contribution in [0, 0.1) is 6.92 Å². The molecule has 1 N–H and O–H groups in total. The summed E-state index contributed by atoms with van der Waals surface area (Å²) in [7, 11) is 0. The first-order valence-electron chi connectivity index (χ1n) is 7.82. The van der Waals surface area contributed by atoms with Crippen LogP contribution in [0.1, 0.15) is 45.4 Å². The van der Waals surface area contributed by atoms with Crippen molar-refractivity contribution in [3.8, 4) is 0 Å². The molecule has 0 saturated carbocycles. The van der Waals surface area contributed by atoms with Crippen molar-refractivity contribution >= 4 is 17.7 Å². The molecule has 0 bridgehead atoms. The molecule has 1 fully saturated rings. The minimum absolute atomic E-state index is 0.366. The van der Waals surface area contributed by atoms with Crippen molar-refractivity contribution in [2.45, 2.75) is 58.4 Å². The normalized spacial score (nSPS) is 18.9. The maximum Gasteiger partial charge on any atom is 0.225 e. The van der Waals surface area contributed by atoms with Gasteiger partial charge in [-0.1, -0.05) is 27.7 Å². The third-order valence-corrected chi connectivity index (χ3v) is 5.26. The summed E-state index contributed by atoms with van der Waals surface area (Å²) in [5.74, 6) is 2.03. The summed E-state index contributed by atoms with van der Waals surface area (Å²) in [6.45, 7) is 14.0. The van der Waals surface area contributed by atoms with Crippen LogP contribution in [0.3, 0.4) is 0 Å². The van der Waals surface area contributed by atoms with Crippen molar-refractivity contribution < 1.29 is 0 Å². The van der Waals surface area contributed by atoms with Gasteiger partial charge in [-0.15, -0.1) is 0 Å². The maximum atomic E-state index is 4.73. The fraction of sp³-hybridized carbons (Fsp3) is 0.750. The van der Waals surface area contributed by atoms with Gasteiger partial charge in [-0.25, -0.2) is 9.97 Å². The van der Waals surface area contributed by atoms with Gasteiger partial charge >= 0.3 is 0 Å². The maximum absolute atomic E-state index is 4.73. The molecular formula is C16H28N4S. The first-order chi connectivity index (χ1) is 9.87. The van der Waals surface area contributed by atoms with Crippen molar-refractivity contribution in [2.75, 3.05) is 23.7 Å². The molecule has 0 radical (unpaired) electrons. The Balaban J connectivity index is 2.05. The number of nitrogens with one attached hydrogen (secondary N) is 1. The van der Waals surface area contributed by atoms with E-state index in [2.05, 4.69) is 61.6 Å². The lowest BCUT2D eigenvalue weighted by Gasteiger charge is -2.23. The Kier molecular flexibility index (Phi) is 5.49. The van der Waals surface area contributed by atoms with Crippen molar-refractivity contribution in [3.05, 3.63) is 17.5 Å². The average molecular weight is 308 g/mol. The van der Waals surface area contributed by atoms with Crippen molar-refractivity contribution in [3.63, 3.8) is 0 Å². The third kappa shape index (κ3) is 4.85. The zero-order valence-corrected chi connectivity index (χ0v) is 14.8. The van der Waals surface area contributed by atoms with Gasteiger partial charge in [-0.05, 0) is 13.3 Å². The van der Waals surface area contributed by atoms with E-state index in [1.54, 1.807) is 0 Å². The van der Waals surface area contributed by atoms with Gasteiger partial charge in [0.15, 0.2) is 0 Å². The lowest BCUT2D eigenvalue weighted by atomic mass is 10.1. The molecule has 21 heavy (non-hydrogen) atoms. The number of hydrogen-bond acceptors (Lipinski definition) is 5. The molecule has 4 nitrogen and oxygen atoms in total. The van der Waals surface area contributed by atoms with E-state index in [4.69, 9.17) is 4.98 Å². The molecule has 2 rings (SSSR count). The Bertz CT molecular complexity index is 473. The van der Waals surface area contributed by atoms with Crippen molar-refractivity contribution in [1.29, 1.82) is 0 Å². The van der Waals surface area contributed by atoms with Gasteiger partial charge in [0, 0.05) is 53.6 Å². The molecule has 1 aliphatic rings. The van der Waals surface area contributed by atoms with Crippen LogP contribution < -0.4 is 10.2 Å². The summed E-state index contributed by atoms with van der Waals surface area (Å²) in [6, 6.07) is 0.480. The van der Waals surface area contributed by atoms with E-state index in [1.165, 1.54) is 12.0 Å². The second-order valence-corrected chi connectivity index (χ2v) is 8.46. The van der Waals surface area contributed by atoms with Gasteiger partial charge in [0.1, 0.15) is 0 Å². The minimum Gasteiger partial charge on any atom is -0.340 e. The molecule has 5 heteroatoms. The van der Waals surface area contributed by atoms with E-state index in [0.29, 0.717) is 10.8 Å². The minimum atomic E-state index is 0.366. The van der Waals surface area contributed by atoms with Gasteiger partial charge in [0.05, 0.1) is 0 Å². The molecule has 1 saturated heterocycles. The predicted octanol–water partition coefficient (Wildman–Crippen LogP) is 3.00. The van der Waals surface area contributed by atoms with Crippen LogP contribution in [-0.2, 0) is 6.54 Å². The Morgan fingerprint density at radius 2 is 2.14 bits per heavy atom. The third-order valence-electron chi connectivity index (χ3n) is 3.89. The molecule has 0 aliphatic carbocycles. The van der Waals surface area contributed by atoms with Gasteiger partial charge < -0.3 is 10.2 Å². The summed E-state index contributed by atoms with van der Waals surface area (Å²) in [4.78, 5) is 11.7. The van der Waals surface area contributed by atoms with Gasteiger partial charge in [0.25, 0.3) is 0 Å². The number of thioether (sulfide) groups is 1. The Morgan fingerprint density at radius 1 is 1.38 bits per heavy atom. The summed E-state index contributed by atoms with van der Waals surface area (Å²) in [5, 5.41) is 3.43. The number of hydrogen-bond donors (Lipinski definition) is 1. The Labute approximate surface area is 133 Å². The predicted molar refractivity (Wildman–Crippen MR) is 92.1 cm³/mol. The number of aryl methyl sites for hydroxylation is 1. The number of nitrogens with zero attached hydrogens (tertiary/aromatic N) is 3. The fourth-order valence-corrected chi connectivity index (χ4v) is 3.44. The molecular weight excluding hydrogens is 280 g/mol. The fourth-order valence-electron chi connectivity index (χ4n) is 2.34. The van der Waals surface area contributed by atoms with Crippen LogP contribution in [0.2, 0.25) is 0 Å². The van der Waals surface area contributed by atoms with E-state index in [9.17, 15) is 0 Å². The largest absolute Gasteiger partial charge is 0.340 e. The molecule has 0 atom stereocenters. The van der Waals surface area contributed by atoms with E-state index < -0.39 is 0 Å². The lowest BCUT2D eigenvalue weighted by molar-refractivity contribution is 0.584. The van der Waals surface area contributed by atoms with E-state index in [-0.39, 0.29) is 0 Å². The highest BCUT2D eigenvalue weighted by Gasteiger charge is 2.24. The summed E-state index contributed by atoms with van der Waals surface area (Å²) in [6.07, 6.45) is 3.16. The standard InChI is InChI=1S/C16H28N4S/c1-12(2)17-10-14-11-18-15(19-13(14)3)20-7-6-16(4,5)21-9-8-20/h11-12,17H,6-10H2,1-5H3. The van der Waals surface area contributed by atoms with Crippen molar-refractivity contribution in [1.82, 2.24) is 15.3 Å². The Hall–Kier alpha value is -0.810. The topological polar surface area (TPSA) is 41.1 Å². The van der Waals surface area contributed by atoms with E-state index in [0.717, 1.165) is 37.0 Å². The van der Waals surface area contributed by atoms with Crippen LogP contribution >= 0.6 is 11.8 Å². The lowest BCUT2D eigenvalue weighted by Crippen LogP contribution is -2.29. The highest BCUT2D eigenvalue weighted by Crippen LogP contribution is 2.31. The Morgan fingerprint density at radius 3 is 2.81 bits per heavy atom. The smallest absolute Gasteiger partial charge is 0.225 e. The summed E-state index contributed by atoms with van der Waals surface area (Å²) >= 11 is 2.05. The van der Waals surface area contributed by atoms with Gasteiger partial charge in [0.2, 0.25) is 5.95 Å². The first kappa shape index (κ1) is 16.6. The molecule has 1 aromatic rings. The number of anilines is 1. The van der Waals surface area contributed by atoms with Crippen LogP contribution in [0.15, 0.2) is 6.20 Å². The zero-order chi connectivity index (χ0) is 15.5. The highest BCUT2D eigenvalue weighted by atomic mass is 32.2. The number of rotatable bonds is 4. The first-order valence-corrected chi connectivity index (χ1v) is 8.81. The van der Waals surface area contributed by atoms with E-state index >= 15 is 0 Å². The molecule has 1 aliphatic heterocycles. The molecule has 1 aromatic heterocycles. The molecule has 118 valence electrons. The molecule has 0 amide bonds. The van der Waals surface area contributed by atoms with Gasteiger partial charge in [-0.2, -0.15) is 11.8 Å². The van der Waals surface area contributed by atoms with Crippen LogP contribution in [0.25, 0.3) is 0 Å². The van der Waals surface area contributed by atoms with Crippen LogP contribution in [-0.4, -0.2) is 39.6 Å². The zero-order valence-electron chi connectivity index (χ0n) is 13.9.